The van der Waals surface area contributed by atoms with Crippen LogP contribution in [0.5, 0.6) is 11.5 Å². The summed E-state index contributed by atoms with van der Waals surface area (Å²) in [4.78, 5) is 23.6. The third kappa shape index (κ3) is 7.52. The lowest BCUT2D eigenvalue weighted by atomic mass is 9.99. The highest BCUT2D eigenvalue weighted by Crippen LogP contribution is 2.45. The van der Waals surface area contributed by atoms with Gasteiger partial charge in [-0.25, -0.2) is 9.59 Å². The quantitative estimate of drug-likeness (QED) is 0.0293. The van der Waals surface area contributed by atoms with Gasteiger partial charge in [0.25, 0.3) is 20.2 Å². The molecular weight excluding hydrogens is 1000 g/mol. The van der Waals surface area contributed by atoms with Gasteiger partial charge in [-0.3, -0.25) is 9.11 Å². The number of nitrogen functional groups attached to an aromatic ring is 2. The van der Waals surface area contributed by atoms with Crippen molar-refractivity contribution < 1.29 is 56.0 Å². The lowest BCUT2D eigenvalue weighted by molar-refractivity contribution is 0.0686. The monoisotopic (exact) mass is 1020 g/mol. The SMILES string of the molecule is Nc1ccc(S(=O)(=O)O)c2c(I)cc(N=Nc3ccc(-c4ccc(N=Nc5cc(I)c6c(S(=O)(=O)O)ccc(N)c6c5O)c(C(=O)O)c4)cc3C(=O)O)c(O)c12. The summed E-state index contributed by atoms with van der Waals surface area (Å²) in [5, 5.41) is 57.5. The Balaban J connectivity index is 1.37. The number of aromatic carboxylic acids is 2. The van der Waals surface area contributed by atoms with E-state index in [4.69, 9.17) is 11.5 Å². The molecule has 0 aromatic heterocycles. The number of aromatic hydroxyl groups is 2. The minimum Gasteiger partial charge on any atom is -0.505 e. The Morgan fingerprint density at radius 1 is 0.518 bits per heavy atom. The normalized spacial score (nSPS) is 12.3. The molecule has 0 fully saturated rings. The van der Waals surface area contributed by atoms with Crippen LogP contribution >= 0.6 is 45.2 Å². The number of hydrogen-bond acceptors (Lipinski definition) is 14. The van der Waals surface area contributed by atoms with Crippen molar-refractivity contribution in [1.82, 2.24) is 0 Å². The van der Waals surface area contributed by atoms with E-state index in [-0.39, 0.29) is 85.1 Å². The molecule has 0 aliphatic carbocycles. The third-order valence-corrected chi connectivity index (χ3v) is 11.7. The topological polar surface area (TPSA) is 325 Å². The number of carboxylic acids is 2. The zero-order valence-corrected chi connectivity index (χ0v) is 33.5. The Morgan fingerprint density at radius 3 is 1.18 bits per heavy atom. The largest absolute Gasteiger partial charge is 0.505 e. The Kier molecular flexibility index (Phi) is 10.6. The van der Waals surface area contributed by atoms with Gasteiger partial charge in [-0.2, -0.15) is 16.8 Å². The van der Waals surface area contributed by atoms with Crippen molar-refractivity contribution in [3.63, 3.8) is 0 Å². The molecule has 6 aromatic carbocycles. The van der Waals surface area contributed by atoms with Crippen LogP contribution in [0.3, 0.4) is 0 Å². The molecule has 22 heteroatoms. The molecular formula is C34H22I2N6O12S2. The first-order valence-corrected chi connectivity index (χ1v) is 20.2. The molecule has 10 N–H and O–H groups in total. The van der Waals surface area contributed by atoms with E-state index in [1.807, 2.05) is 0 Å². The fraction of sp³-hybridized carbons (Fsp3) is 0. The Hall–Kier alpha value is -5.54. The van der Waals surface area contributed by atoms with Gasteiger partial charge in [-0.15, -0.1) is 20.5 Å². The highest BCUT2D eigenvalue weighted by atomic mass is 127. The average Bonchev–Trinajstić information content (AvgIpc) is 3.12. The van der Waals surface area contributed by atoms with Gasteiger partial charge >= 0.3 is 11.9 Å². The number of fused-ring (bicyclic) bond motifs is 2. The molecule has 6 rings (SSSR count). The van der Waals surface area contributed by atoms with E-state index in [0.717, 1.165) is 12.1 Å². The van der Waals surface area contributed by atoms with Crippen LogP contribution in [0.2, 0.25) is 0 Å². The molecule has 0 radical (unpaired) electrons. The van der Waals surface area contributed by atoms with Gasteiger partial charge in [0.15, 0.2) is 11.5 Å². The number of carbonyl (C=O) groups is 2. The zero-order chi connectivity index (χ0) is 41.0. The predicted molar refractivity (Wildman–Crippen MR) is 219 cm³/mol. The van der Waals surface area contributed by atoms with Crippen molar-refractivity contribution >= 4 is 133 Å². The second kappa shape index (κ2) is 14.8. The number of nitrogens with zero attached hydrogens (tertiary/aromatic N) is 4. The fourth-order valence-electron chi connectivity index (χ4n) is 5.71. The number of phenolic OH excluding ortho intramolecular Hbond substituents is 2. The summed E-state index contributed by atoms with van der Waals surface area (Å²) in [6.45, 7) is 0. The van der Waals surface area contributed by atoms with Gasteiger partial charge in [0.2, 0.25) is 0 Å². The maximum atomic E-state index is 12.3. The van der Waals surface area contributed by atoms with Gasteiger partial charge in [0.05, 0.1) is 21.9 Å². The predicted octanol–water partition coefficient (Wildman–Crippen LogP) is 8.17. The molecule has 18 nitrogen and oxygen atoms in total. The van der Waals surface area contributed by atoms with Crippen LogP contribution in [0.25, 0.3) is 32.7 Å². The van der Waals surface area contributed by atoms with E-state index in [1.165, 1.54) is 60.7 Å². The Bertz CT molecular complexity index is 2810. The van der Waals surface area contributed by atoms with Gasteiger partial charge in [0, 0.05) is 29.3 Å². The molecule has 56 heavy (non-hydrogen) atoms. The zero-order valence-electron chi connectivity index (χ0n) is 27.6. The smallest absolute Gasteiger partial charge is 0.337 e. The van der Waals surface area contributed by atoms with E-state index < -0.39 is 53.5 Å². The highest BCUT2D eigenvalue weighted by Gasteiger charge is 2.24. The molecule has 286 valence electrons. The van der Waals surface area contributed by atoms with E-state index in [1.54, 1.807) is 45.2 Å². The molecule has 0 saturated carbocycles. The standard InChI is InChI=1S/C34H22I2N6O12S2/c35-17-11-23(31(43)29-19(37)3-7-25(27(17)29)55(49,50)51)41-39-21-5-1-13(9-15(21)33(45)46)14-2-6-22(16(10-14)34(47)48)40-42-24-12-18(36)28-26(56(52,53)54)8-4-20(38)30(28)32(24)44/h1-12,43-44H,37-38H2,(H,45,46)(H,47,48)(H,49,50,51)(H,52,53,54). The molecule has 0 spiro atoms. The summed E-state index contributed by atoms with van der Waals surface area (Å²) in [5.41, 5.74) is 11.0. The van der Waals surface area contributed by atoms with Gasteiger partial charge in [0.1, 0.15) is 32.5 Å². The maximum Gasteiger partial charge on any atom is 0.337 e. The second-order valence-corrected chi connectivity index (χ2v) is 16.8. The van der Waals surface area contributed by atoms with Crippen LogP contribution in [0.15, 0.2) is 103 Å². The van der Waals surface area contributed by atoms with Crippen molar-refractivity contribution in [3.8, 4) is 22.6 Å². The van der Waals surface area contributed by atoms with Crippen molar-refractivity contribution in [2.45, 2.75) is 9.79 Å². The summed E-state index contributed by atoms with van der Waals surface area (Å²) in [6, 6.07) is 14.9. The summed E-state index contributed by atoms with van der Waals surface area (Å²) in [7, 11) is -9.41. The maximum absolute atomic E-state index is 12.3. The summed E-state index contributed by atoms with van der Waals surface area (Å²) in [6.07, 6.45) is 0. The summed E-state index contributed by atoms with van der Waals surface area (Å²) < 4.78 is 67.7. The molecule has 0 aliphatic rings. The van der Waals surface area contributed by atoms with E-state index in [0.29, 0.717) is 0 Å². The first kappa shape index (κ1) is 40.1. The average molecular weight is 1020 g/mol. The van der Waals surface area contributed by atoms with Crippen LogP contribution in [0.4, 0.5) is 34.1 Å². The minimum absolute atomic E-state index is 0.0349. The van der Waals surface area contributed by atoms with Gasteiger partial charge < -0.3 is 31.9 Å². The number of halogens is 2. The first-order valence-electron chi connectivity index (χ1n) is 15.2. The molecule has 0 atom stereocenters. The van der Waals surface area contributed by atoms with E-state index >= 15 is 0 Å². The molecule has 0 heterocycles. The second-order valence-electron chi connectivity index (χ2n) is 11.7. The van der Waals surface area contributed by atoms with Crippen LogP contribution in [-0.4, -0.2) is 58.3 Å². The number of nitrogens with two attached hydrogens (primary N) is 2. The lowest BCUT2D eigenvalue weighted by Crippen LogP contribution is -2.02. The van der Waals surface area contributed by atoms with Crippen molar-refractivity contribution in [2.24, 2.45) is 20.5 Å². The first-order chi connectivity index (χ1) is 26.2. The minimum atomic E-state index is -4.70. The molecule has 0 bridgehead atoms. The van der Waals surface area contributed by atoms with Gasteiger partial charge in [-0.1, -0.05) is 12.1 Å². The molecule has 0 unspecified atom stereocenters. The number of anilines is 2. The van der Waals surface area contributed by atoms with Gasteiger partial charge in [-0.05, 0) is 117 Å². The molecule has 0 saturated heterocycles. The lowest BCUT2D eigenvalue weighted by Gasteiger charge is -2.12. The van der Waals surface area contributed by atoms with Crippen molar-refractivity contribution in [3.05, 3.63) is 91.1 Å². The number of hydrogen-bond donors (Lipinski definition) is 8. The number of rotatable bonds is 9. The van der Waals surface area contributed by atoms with Crippen LogP contribution in [-0.2, 0) is 20.2 Å². The Labute approximate surface area is 342 Å². The van der Waals surface area contributed by atoms with Crippen molar-refractivity contribution in [2.75, 3.05) is 11.5 Å². The molecule has 0 aliphatic heterocycles. The number of phenols is 2. The molecule has 6 aromatic rings. The fourth-order valence-corrected chi connectivity index (χ4v) is 9.20. The number of benzene rings is 6. The van der Waals surface area contributed by atoms with E-state index in [9.17, 15) is 56.0 Å². The van der Waals surface area contributed by atoms with Crippen molar-refractivity contribution in [1.29, 1.82) is 0 Å². The Morgan fingerprint density at radius 2 is 0.857 bits per heavy atom. The molecule has 0 amide bonds. The van der Waals surface area contributed by atoms with E-state index in [2.05, 4.69) is 20.5 Å². The summed E-state index contributed by atoms with van der Waals surface area (Å²) >= 11 is 3.52. The third-order valence-electron chi connectivity index (χ3n) is 8.24. The number of carboxylic acid groups (broad SMARTS) is 2. The van der Waals surface area contributed by atoms with Crippen LogP contribution in [0, 0.1) is 7.14 Å². The summed E-state index contributed by atoms with van der Waals surface area (Å²) in [5.74, 6) is -4.03. The number of azo groups is 2. The van der Waals surface area contributed by atoms with Crippen LogP contribution in [0.1, 0.15) is 20.7 Å². The highest BCUT2D eigenvalue weighted by molar-refractivity contribution is 14.1. The van der Waals surface area contributed by atoms with Crippen LogP contribution < -0.4 is 11.5 Å².